The standard InChI is InChI=1S/C27H34N8O2/c1-32(2)26(37)22-12-18-14-29-27(31-24(18)35(22)19-6-4-5-7-19)30-23-11-8-17(13-28-23)25(36)34-15-20-9-10-21(16-34)33(20)3/h8,11-14,19-21H,4-7,9-10,15-16H2,1-3H3,(H,28,29,30,31)/i3D3. The highest BCUT2D eigenvalue weighted by Gasteiger charge is 2.39. The Morgan fingerprint density at radius 3 is 2.43 bits per heavy atom. The van der Waals surface area contributed by atoms with Crippen LogP contribution in [0.3, 0.4) is 0 Å². The van der Waals surface area contributed by atoms with Gasteiger partial charge in [0.15, 0.2) is 0 Å². The number of aromatic nitrogens is 4. The van der Waals surface area contributed by atoms with Crippen molar-refractivity contribution in [3.63, 3.8) is 0 Å². The summed E-state index contributed by atoms with van der Waals surface area (Å²) in [5.74, 6) is 0.643. The molecule has 2 aliphatic heterocycles. The fourth-order valence-corrected chi connectivity index (χ4v) is 5.95. The molecule has 1 saturated carbocycles. The van der Waals surface area contributed by atoms with Gasteiger partial charge < -0.3 is 19.7 Å². The van der Waals surface area contributed by atoms with Crippen molar-refractivity contribution in [2.24, 2.45) is 0 Å². The zero-order valence-corrected chi connectivity index (χ0v) is 21.2. The van der Waals surface area contributed by atoms with E-state index in [2.05, 4.69) is 19.9 Å². The van der Waals surface area contributed by atoms with Crippen molar-refractivity contribution in [3.05, 3.63) is 41.9 Å². The molecule has 2 amide bonds. The van der Waals surface area contributed by atoms with Crippen molar-refractivity contribution in [3.8, 4) is 0 Å². The molecule has 194 valence electrons. The van der Waals surface area contributed by atoms with Gasteiger partial charge in [0, 0.05) is 67.2 Å². The number of fused-ring (bicyclic) bond motifs is 3. The molecule has 1 N–H and O–H groups in total. The zero-order chi connectivity index (χ0) is 28.2. The fourth-order valence-electron chi connectivity index (χ4n) is 5.95. The Kier molecular flexibility index (Phi) is 5.22. The van der Waals surface area contributed by atoms with Crippen molar-refractivity contribution in [2.45, 2.75) is 56.7 Å². The van der Waals surface area contributed by atoms with E-state index in [1.165, 1.54) is 6.20 Å². The van der Waals surface area contributed by atoms with Gasteiger partial charge in [0.05, 0.1) is 5.56 Å². The van der Waals surface area contributed by atoms with Gasteiger partial charge in [-0.25, -0.2) is 9.97 Å². The molecule has 0 spiro atoms. The number of likely N-dealkylation sites (N-methyl/N-ethyl adjacent to an activating group) is 1. The molecule has 2 atom stereocenters. The van der Waals surface area contributed by atoms with Gasteiger partial charge in [-0.2, -0.15) is 4.98 Å². The van der Waals surface area contributed by atoms with Crippen LogP contribution in [0.25, 0.3) is 11.0 Å². The summed E-state index contributed by atoms with van der Waals surface area (Å²) >= 11 is 0. The number of hydrogen-bond donors (Lipinski definition) is 1. The molecule has 2 unspecified atom stereocenters. The highest BCUT2D eigenvalue weighted by atomic mass is 16.2. The maximum Gasteiger partial charge on any atom is 0.270 e. The van der Waals surface area contributed by atoms with Crippen LogP contribution in [0.5, 0.6) is 0 Å². The van der Waals surface area contributed by atoms with Gasteiger partial charge in [0.2, 0.25) is 5.95 Å². The number of nitrogens with one attached hydrogen (secondary N) is 1. The summed E-state index contributed by atoms with van der Waals surface area (Å²) in [5, 5.41) is 3.94. The lowest BCUT2D eigenvalue weighted by Gasteiger charge is -2.38. The van der Waals surface area contributed by atoms with Crippen molar-refractivity contribution < 1.29 is 13.7 Å². The second-order valence-electron chi connectivity index (χ2n) is 10.6. The lowest BCUT2D eigenvalue weighted by molar-refractivity contribution is 0.0523. The maximum atomic E-state index is 13.2. The molecule has 37 heavy (non-hydrogen) atoms. The van der Waals surface area contributed by atoms with Crippen LogP contribution in [0.4, 0.5) is 11.8 Å². The minimum atomic E-state index is -2.14. The molecule has 3 aromatic rings. The quantitative estimate of drug-likeness (QED) is 0.568. The van der Waals surface area contributed by atoms with E-state index >= 15 is 0 Å². The Bertz CT molecular complexity index is 1420. The first-order chi connectivity index (χ1) is 19.1. The zero-order valence-electron chi connectivity index (χ0n) is 24.2. The Morgan fingerprint density at radius 1 is 1.03 bits per heavy atom. The third kappa shape index (κ3) is 4.33. The summed E-state index contributed by atoms with van der Waals surface area (Å²) in [5.41, 5.74) is 1.78. The molecule has 2 saturated heterocycles. The van der Waals surface area contributed by atoms with Crippen LogP contribution < -0.4 is 5.32 Å². The largest absolute Gasteiger partial charge is 0.343 e. The molecule has 0 radical (unpaired) electrons. The minimum Gasteiger partial charge on any atom is -0.343 e. The van der Waals surface area contributed by atoms with Gasteiger partial charge in [0.25, 0.3) is 11.8 Å². The van der Waals surface area contributed by atoms with E-state index in [-0.39, 0.29) is 29.9 Å². The number of anilines is 2. The molecule has 0 aromatic carbocycles. The maximum absolute atomic E-state index is 13.2. The molecule has 3 aliphatic rings. The molecule has 1 aliphatic carbocycles. The first-order valence-electron chi connectivity index (χ1n) is 14.5. The van der Waals surface area contributed by atoms with Gasteiger partial charge >= 0.3 is 0 Å². The Labute approximate surface area is 220 Å². The van der Waals surface area contributed by atoms with Gasteiger partial charge in [-0.05, 0) is 50.9 Å². The number of nitrogens with zero attached hydrogens (tertiary/aromatic N) is 7. The lowest BCUT2D eigenvalue weighted by Crippen LogP contribution is -2.53. The van der Waals surface area contributed by atoms with Gasteiger partial charge in [-0.3, -0.25) is 14.5 Å². The minimum absolute atomic E-state index is 0.0610. The van der Waals surface area contributed by atoms with E-state index in [1.807, 2.05) is 6.07 Å². The van der Waals surface area contributed by atoms with Crippen molar-refractivity contribution in [1.29, 1.82) is 0 Å². The molecule has 10 heteroatoms. The van der Waals surface area contributed by atoms with Gasteiger partial charge in [-0.1, -0.05) is 12.8 Å². The molecule has 3 fully saturated rings. The molecular weight excluding hydrogens is 468 g/mol. The van der Waals surface area contributed by atoms with Crippen molar-refractivity contribution >= 4 is 34.6 Å². The molecule has 5 heterocycles. The number of rotatable bonds is 5. The molecule has 10 nitrogen and oxygen atoms in total. The van der Waals surface area contributed by atoms with E-state index in [1.54, 1.807) is 47.1 Å². The Morgan fingerprint density at radius 2 is 1.78 bits per heavy atom. The highest BCUT2D eigenvalue weighted by Crippen LogP contribution is 2.35. The number of carbonyl (C=O) groups excluding carboxylic acids is 2. The van der Waals surface area contributed by atoms with Crippen LogP contribution in [0, 0.1) is 0 Å². The summed E-state index contributed by atoms with van der Waals surface area (Å²) in [6, 6.07) is 5.22. The van der Waals surface area contributed by atoms with Gasteiger partial charge in [0.1, 0.15) is 17.2 Å². The van der Waals surface area contributed by atoms with E-state index < -0.39 is 6.98 Å². The Balaban J connectivity index is 1.19. The molecule has 3 aromatic heterocycles. The highest BCUT2D eigenvalue weighted by molar-refractivity contribution is 5.98. The number of amides is 2. The average molecular weight is 506 g/mol. The predicted molar refractivity (Wildman–Crippen MR) is 141 cm³/mol. The summed E-state index contributed by atoms with van der Waals surface area (Å²) < 4.78 is 25.5. The summed E-state index contributed by atoms with van der Waals surface area (Å²) in [6.07, 6.45) is 9.08. The van der Waals surface area contributed by atoms with E-state index in [4.69, 9.17) is 9.10 Å². The Hall–Kier alpha value is -3.53. The van der Waals surface area contributed by atoms with Crippen LogP contribution in [-0.4, -0.2) is 92.3 Å². The topological polar surface area (TPSA) is 99.5 Å². The van der Waals surface area contributed by atoms with Crippen LogP contribution in [0.2, 0.25) is 0 Å². The summed E-state index contributed by atoms with van der Waals surface area (Å²) in [4.78, 5) is 44.7. The number of hydrogen-bond acceptors (Lipinski definition) is 7. The van der Waals surface area contributed by atoms with Crippen molar-refractivity contribution in [2.75, 3.05) is 39.5 Å². The first-order valence-corrected chi connectivity index (χ1v) is 13.0. The average Bonchev–Trinajstić information content (AvgIpc) is 3.64. The number of piperazine rings is 1. The predicted octanol–water partition coefficient (Wildman–Crippen LogP) is 3.31. The van der Waals surface area contributed by atoms with E-state index in [0.717, 1.165) is 43.9 Å². The number of likely N-dealkylation sites (tertiary alicyclic amines) is 1. The van der Waals surface area contributed by atoms with E-state index in [0.29, 0.717) is 41.8 Å². The molecule has 6 rings (SSSR count). The van der Waals surface area contributed by atoms with E-state index in [9.17, 15) is 9.59 Å². The normalized spacial score (nSPS) is 23.6. The van der Waals surface area contributed by atoms with Gasteiger partial charge in [-0.15, -0.1) is 0 Å². The smallest absolute Gasteiger partial charge is 0.270 e. The molecule has 2 bridgehead atoms. The third-order valence-electron chi connectivity index (χ3n) is 7.91. The SMILES string of the molecule is [2H]C([2H])([2H])N1C2CCC1CN(C(=O)c1ccc(Nc3ncc4cc(C(=O)N(C)C)n(C5CCCC5)c4n3)nc1)C2. The monoisotopic (exact) mass is 505 g/mol. The van der Waals surface area contributed by atoms with Crippen LogP contribution in [-0.2, 0) is 0 Å². The lowest BCUT2D eigenvalue weighted by atomic mass is 10.1. The van der Waals surface area contributed by atoms with Crippen LogP contribution >= 0.6 is 0 Å². The third-order valence-corrected chi connectivity index (χ3v) is 7.91. The summed E-state index contributed by atoms with van der Waals surface area (Å²) in [7, 11) is 3.50. The summed E-state index contributed by atoms with van der Waals surface area (Å²) in [6.45, 7) is -1.33. The fraction of sp³-hybridized carbons (Fsp3) is 0.519. The van der Waals surface area contributed by atoms with Crippen LogP contribution in [0.1, 0.15) is 69.5 Å². The second kappa shape index (κ2) is 9.41. The molecular formula is C27H34N8O2. The van der Waals surface area contributed by atoms with Crippen LogP contribution in [0.15, 0.2) is 30.6 Å². The number of carbonyl (C=O) groups is 2. The van der Waals surface area contributed by atoms with Crippen molar-refractivity contribution in [1.82, 2.24) is 34.2 Å². The number of pyridine rings is 1. The second-order valence-corrected chi connectivity index (χ2v) is 10.6. The first kappa shape index (κ1) is 20.5.